The molecule has 6 fully saturated rings. The average Bonchev–Trinajstić information content (AvgIpc) is 3.23. The Morgan fingerprint density at radius 3 is 2.07 bits per heavy atom. The third-order valence-electron chi connectivity index (χ3n) is 13.1. The normalized spacial score (nSPS) is 39.7. The van der Waals surface area contributed by atoms with Gasteiger partial charge in [0, 0.05) is 16.9 Å². The van der Waals surface area contributed by atoms with Crippen molar-refractivity contribution in [3.8, 4) is 5.75 Å². The maximum atomic E-state index is 14.5. The van der Waals surface area contributed by atoms with Crippen LogP contribution in [-0.2, 0) is 28.6 Å². The molecule has 3 heterocycles. The fraction of sp³-hybridized carbons (Fsp3) is 0.667. The quantitative estimate of drug-likeness (QED) is 0.227. The zero-order valence-electron chi connectivity index (χ0n) is 26.9. The van der Waals surface area contributed by atoms with Crippen LogP contribution in [0.15, 0.2) is 27.4 Å². The summed E-state index contributed by atoms with van der Waals surface area (Å²) in [6.07, 6.45) is 4.52. The second-order valence-electron chi connectivity index (χ2n) is 16.3. The lowest BCUT2D eigenvalue weighted by atomic mass is 9.49. The van der Waals surface area contributed by atoms with E-state index in [2.05, 4.69) is 0 Å². The fourth-order valence-corrected chi connectivity index (χ4v) is 10.4. The molecular formula is C36H42O9. The molecule has 0 amide bonds. The molecule has 2 aliphatic heterocycles. The van der Waals surface area contributed by atoms with E-state index in [1.807, 2.05) is 33.8 Å². The number of aryl methyl sites for hydroxylation is 1. The van der Waals surface area contributed by atoms with Gasteiger partial charge in [-0.2, -0.15) is 0 Å². The van der Waals surface area contributed by atoms with Crippen molar-refractivity contribution in [1.82, 2.24) is 0 Å². The van der Waals surface area contributed by atoms with Gasteiger partial charge in [0.15, 0.2) is 12.2 Å². The fourth-order valence-electron chi connectivity index (χ4n) is 10.4. The Bertz CT molecular complexity index is 1700. The number of fused-ring (bicyclic) bond motifs is 5. The van der Waals surface area contributed by atoms with Gasteiger partial charge in [0.05, 0.1) is 16.4 Å². The molecule has 2 unspecified atom stereocenters. The van der Waals surface area contributed by atoms with E-state index < -0.39 is 57.2 Å². The van der Waals surface area contributed by atoms with E-state index in [0.717, 1.165) is 19.3 Å². The molecule has 9 rings (SSSR count). The first-order valence-electron chi connectivity index (χ1n) is 16.5. The molecule has 9 nitrogen and oxygen atoms in total. The first kappa shape index (κ1) is 29.1. The highest BCUT2D eigenvalue weighted by atomic mass is 16.6. The topological polar surface area (TPSA) is 118 Å². The van der Waals surface area contributed by atoms with Crippen LogP contribution in [-0.4, -0.2) is 35.2 Å². The zero-order chi connectivity index (χ0) is 31.9. The molecule has 1 aromatic carbocycles. The Morgan fingerprint density at radius 2 is 1.49 bits per heavy atom. The number of carbonyl (C=O) groups excluding carboxylic acids is 3. The Hall–Kier alpha value is -3.36. The Balaban J connectivity index is 1.24. The predicted molar refractivity (Wildman–Crippen MR) is 161 cm³/mol. The van der Waals surface area contributed by atoms with Crippen molar-refractivity contribution >= 4 is 28.9 Å². The molecule has 7 aliphatic rings. The first-order valence-corrected chi connectivity index (χ1v) is 16.5. The molecule has 4 atom stereocenters. The van der Waals surface area contributed by atoms with Crippen LogP contribution in [0.25, 0.3) is 11.0 Å². The van der Waals surface area contributed by atoms with Crippen LogP contribution in [0.3, 0.4) is 0 Å². The molecular weight excluding hydrogens is 576 g/mol. The number of hydrogen-bond donors (Lipinski definition) is 0. The molecule has 9 heteroatoms. The third-order valence-corrected chi connectivity index (χ3v) is 13.1. The van der Waals surface area contributed by atoms with Gasteiger partial charge in [-0.3, -0.25) is 9.59 Å². The van der Waals surface area contributed by atoms with E-state index in [-0.39, 0.29) is 11.6 Å². The van der Waals surface area contributed by atoms with E-state index in [1.54, 1.807) is 19.9 Å². The van der Waals surface area contributed by atoms with Gasteiger partial charge in [-0.1, -0.05) is 13.8 Å². The average molecular weight is 619 g/mol. The van der Waals surface area contributed by atoms with E-state index >= 15 is 0 Å². The Labute approximate surface area is 262 Å². The number of esters is 3. The highest BCUT2D eigenvalue weighted by molar-refractivity contribution is 5.94. The summed E-state index contributed by atoms with van der Waals surface area (Å²) in [5.74, 6) is 0.583. The summed E-state index contributed by atoms with van der Waals surface area (Å²) in [7, 11) is 0. The van der Waals surface area contributed by atoms with Gasteiger partial charge in [-0.05, 0) is 115 Å². The van der Waals surface area contributed by atoms with Crippen molar-refractivity contribution in [2.75, 3.05) is 0 Å². The van der Waals surface area contributed by atoms with Crippen LogP contribution in [0.5, 0.6) is 5.75 Å². The van der Waals surface area contributed by atoms with Gasteiger partial charge >= 0.3 is 23.5 Å². The largest absolute Gasteiger partial charge is 0.483 e. The SMILES string of the molecule is Cc1cc(=O)oc2c3c(ccc12)OC(C)(C)[C@H](OC(=O)C12CCC(C)(C(=O)O1)C2(C)C)[C@@H]3OC(=O)C12CC3CC(CC(C3)C1)C2. The van der Waals surface area contributed by atoms with E-state index in [9.17, 15) is 19.2 Å². The van der Waals surface area contributed by atoms with Gasteiger partial charge in [-0.15, -0.1) is 0 Å². The summed E-state index contributed by atoms with van der Waals surface area (Å²) in [6.45, 7) is 11.0. The van der Waals surface area contributed by atoms with E-state index in [4.69, 9.17) is 23.4 Å². The van der Waals surface area contributed by atoms with Crippen LogP contribution >= 0.6 is 0 Å². The molecule has 2 aromatic rings. The highest BCUT2D eigenvalue weighted by Gasteiger charge is 2.77. The van der Waals surface area contributed by atoms with Crippen LogP contribution in [0, 0.1) is 40.9 Å². The van der Waals surface area contributed by atoms with Crippen molar-refractivity contribution in [3.05, 3.63) is 39.7 Å². The van der Waals surface area contributed by atoms with Gasteiger partial charge in [0.2, 0.25) is 5.60 Å². The monoisotopic (exact) mass is 618 g/mol. The summed E-state index contributed by atoms with van der Waals surface area (Å²) < 4.78 is 31.1. The van der Waals surface area contributed by atoms with Crippen LogP contribution in [0.4, 0.5) is 0 Å². The van der Waals surface area contributed by atoms with Crippen molar-refractivity contribution < 1.29 is 37.7 Å². The molecule has 0 N–H and O–H groups in total. The third kappa shape index (κ3) is 3.72. The molecule has 6 bridgehead atoms. The summed E-state index contributed by atoms with van der Waals surface area (Å²) in [6, 6.07) is 5.04. The molecule has 1 saturated heterocycles. The second-order valence-corrected chi connectivity index (χ2v) is 16.3. The number of benzene rings is 1. The number of ether oxygens (including phenoxy) is 4. The molecule has 0 radical (unpaired) electrons. The minimum Gasteiger partial charge on any atom is -0.483 e. The van der Waals surface area contributed by atoms with Crippen molar-refractivity contribution in [3.63, 3.8) is 0 Å². The molecule has 45 heavy (non-hydrogen) atoms. The van der Waals surface area contributed by atoms with E-state index in [1.165, 1.54) is 25.3 Å². The highest BCUT2D eigenvalue weighted by Crippen LogP contribution is 2.66. The lowest BCUT2D eigenvalue weighted by Crippen LogP contribution is -2.57. The standard InChI is InChI=1S/C36H42O9/c1-18-11-24(37)41-26-22(18)7-8-23-25(26)27(42-30(39)35-15-19-12-20(16-35)14-21(13-19)17-35)28(32(2,3)44-23)43-31(40)36-10-9-34(6,29(38)45-36)33(36,4)5/h7-8,11,19-21,27-28H,9-10,12-17H2,1-6H3/t19?,20?,21?,27-,28-,34?,35?,36?/m1/s1. The number of rotatable bonds is 4. The minimum atomic E-state index is -1.48. The van der Waals surface area contributed by atoms with Crippen LogP contribution in [0.2, 0.25) is 0 Å². The Morgan fingerprint density at radius 1 is 0.844 bits per heavy atom. The summed E-state index contributed by atoms with van der Waals surface area (Å²) >= 11 is 0. The molecule has 5 saturated carbocycles. The maximum Gasteiger partial charge on any atom is 0.351 e. The zero-order valence-corrected chi connectivity index (χ0v) is 26.9. The number of hydrogen-bond acceptors (Lipinski definition) is 9. The van der Waals surface area contributed by atoms with Crippen molar-refractivity contribution in [2.45, 2.75) is 116 Å². The molecule has 1 aromatic heterocycles. The second kappa shape index (κ2) is 8.91. The lowest BCUT2D eigenvalue weighted by molar-refractivity contribution is -0.216. The first-order chi connectivity index (χ1) is 21.1. The molecule has 0 spiro atoms. The summed E-state index contributed by atoms with van der Waals surface area (Å²) in [4.78, 5) is 54.5. The van der Waals surface area contributed by atoms with Crippen LogP contribution in [0.1, 0.15) is 103 Å². The smallest absolute Gasteiger partial charge is 0.351 e. The van der Waals surface area contributed by atoms with Crippen molar-refractivity contribution in [1.29, 1.82) is 0 Å². The number of carbonyl (C=O) groups is 3. The Kier molecular flexibility index (Phi) is 5.76. The van der Waals surface area contributed by atoms with Crippen LogP contribution < -0.4 is 10.4 Å². The molecule has 5 aliphatic carbocycles. The minimum absolute atomic E-state index is 0.247. The van der Waals surface area contributed by atoms with Gasteiger partial charge < -0.3 is 23.4 Å². The summed E-state index contributed by atoms with van der Waals surface area (Å²) in [5.41, 5.74) is -4.08. The summed E-state index contributed by atoms with van der Waals surface area (Å²) in [5, 5.41) is 0.675. The van der Waals surface area contributed by atoms with Gasteiger partial charge in [0.1, 0.15) is 16.9 Å². The van der Waals surface area contributed by atoms with E-state index in [0.29, 0.717) is 52.9 Å². The van der Waals surface area contributed by atoms with Gasteiger partial charge in [0.25, 0.3) is 0 Å². The maximum absolute atomic E-state index is 14.5. The lowest BCUT2D eigenvalue weighted by Gasteiger charge is -2.55. The van der Waals surface area contributed by atoms with Gasteiger partial charge in [-0.25, -0.2) is 9.59 Å². The molecule has 240 valence electrons. The van der Waals surface area contributed by atoms with Crippen molar-refractivity contribution in [2.24, 2.45) is 34.0 Å². The predicted octanol–water partition coefficient (Wildman–Crippen LogP) is 6.11.